The molecule has 3 amide bonds. The number of aryl methyl sites for hydroxylation is 1. The molecular weight excluding hydrogens is 246 g/mol. The molecule has 0 bridgehead atoms. The number of hydrogen-bond acceptors (Lipinski definition) is 3. The minimum absolute atomic E-state index is 0.351. The summed E-state index contributed by atoms with van der Waals surface area (Å²) in [6, 6.07) is 7.38. The van der Waals surface area contributed by atoms with Crippen LogP contribution in [0.25, 0.3) is 0 Å². The number of anilines is 1. The molecule has 3 N–H and O–H groups in total. The molecule has 0 saturated carbocycles. The van der Waals surface area contributed by atoms with Crippen molar-refractivity contribution in [3.05, 3.63) is 29.8 Å². The Bertz CT molecular complexity index is 469. The van der Waals surface area contributed by atoms with Crippen molar-refractivity contribution in [1.29, 1.82) is 0 Å². The van der Waals surface area contributed by atoms with Gasteiger partial charge in [-0.25, -0.2) is 0 Å². The van der Waals surface area contributed by atoms with Crippen molar-refractivity contribution in [3.8, 4) is 0 Å². The first kappa shape index (κ1) is 14.7. The second-order valence-corrected chi connectivity index (χ2v) is 4.00. The molecule has 0 aliphatic rings. The molecular formula is C13H17N3O3. The summed E-state index contributed by atoms with van der Waals surface area (Å²) in [5.74, 6) is -1.41. The van der Waals surface area contributed by atoms with Gasteiger partial charge in [0.05, 0.1) is 0 Å². The Hall–Kier alpha value is -2.37. The zero-order valence-corrected chi connectivity index (χ0v) is 10.9. The Morgan fingerprint density at radius 2 is 1.63 bits per heavy atom. The quantitative estimate of drug-likeness (QED) is 0.553. The third-order valence-corrected chi connectivity index (χ3v) is 2.35. The second-order valence-electron chi connectivity index (χ2n) is 4.00. The molecule has 0 heterocycles. The second kappa shape index (κ2) is 7.15. The fourth-order valence-corrected chi connectivity index (χ4v) is 1.38. The van der Waals surface area contributed by atoms with Crippen molar-refractivity contribution in [1.82, 2.24) is 10.9 Å². The van der Waals surface area contributed by atoms with Gasteiger partial charge in [-0.05, 0) is 24.1 Å². The number of hydrogen-bond donors (Lipinski definition) is 3. The maximum atomic E-state index is 11.5. The smallest absolute Gasteiger partial charge is 0.247 e. The summed E-state index contributed by atoms with van der Waals surface area (Å²) >= 11 is 0. The highest BCUT2D eigenvalue weighted by Crippen LogP contribution is 2.10. The van der Waals surface area contributed by atoms with E-state index in [0.717, 1.165) is 6.42 Å². The van der Waals surface area contributed by atoms with Crippen LogP contribution in [0.15, 0.2) is 24.3 Å². The molecule has 0 aliphatic heterocycles. The van der Waals surface area contributed by atoms with Crippen LogP contribution >= 0.6 is 0 Å². The first-order valence-corrected chi connectivity index (χ1v) is 5.95. The number of rotatable bonds is 4. The van der Waals surface area contributed by atoms with Crippen LogP contribution in [0.4, 0.5) is 5.69 Å². The maximum Gasteiger partial charge on any atom is 0.247 e. The van der Waals surface area contributed by atoms with Gasteiger partial charge < -0.3 is 5.32 Å². The summed E-state index contributed by atoms with van der Waals surface area (Å²) < 4.78 is 0. The number of carbonyl (C=O) groups is 3. The zero-order chi connectivity index (χ0) is 14.3. The summed E-state index contributed by atoms with van der Waals surface area (Å²) in [5.41, 5.74) is 6.03. The summed E-state index contributed by atoms with van der Waals surface area (Å²) in [5, 5.41) is 2.60. The minimum atomic E-state index is -0.571. The van der Waals surface area contributed by atoms with E-state index in [0.29, 0.717) is 5.69 Å². The van der Waals surface area contributed by atoms with E-state index >= 15 is 0 Å². The van der Waals surface area contributed by atoms with E-state index in [1.54, 1.807) is 12.1 Å². The van der Waals surface area contributed by atoms with E-state index in [2.05, 4.69) is 16.2 Å². The number of nitrogens with one attached hydrogen (secondary N) is 3. The molecule has 6 nitrogen and oxygen atoms in total. The normalized spacial score (nSPS) is 9.58. The SMILES string of the molecule is CCc1ccc(NC(=O)CC(=O)NNC(C)=O)cc1. The van der Waals surface area contributed by atoms with Crippen molar-refractivity contribution in [3.63, 3.8) is 0 Å². The number of carbonyl (C=O) groups excluding carboxylic acids is 3. The van der Waals surface area contributed by atoms with E-state index in [9.17, 15) is 14.4 Å². The van der Waals surface area contributed by atoms with Crippen molar-refractivity contribution < 1.29 is 14.4 Å². The van der Waals surface area contributed by atoms with Gasteiger partial charge in [-0.2, -0.15) is 0 Å². The van der Waals surface area contributed by atoms with Crippen LogP contribution in [0.2, 0.25) is 0 Å². The van der Waals surface area contributed by atoms with Gasteiger partial charge in [0.1, 0.15) is 6.42 Å². The van der Waals surface area contributed by atoms with Crippen molar-refractivity contribution >= 4 is 23.4 Å². The Labute approximate surface area is 111 Å². The predicted molar refractivity (Wildman–Crippen MR) is 71.0 cm³/mol. The average molecular weight is 263 g/mol. The minimum Gasteiger partial charge on any atom is -0.326 e. The molecule has 6 heteroatoms. The van der Waals surface area contributed by atoms with Gasteiger partial charge in [0.2, 0.25) is 17.7 Å². The first-order valence-electron chi connectivity index (χ1n) is 5.95. The van der Waals surface area contributed by atoms with Gasteiger partial charge >= 0.3 is 0 Å². The Balaban J connectivity index is 2.41. The molecule has 1 rings (SSSR count). The summed E-state index contributed by atoms with van der Waals surface area (Å²) in [6.45, 7) is 3.30. The fraction of sp³-hybridized carbons (Fsp3) is 0.308. The zero-order valence-electron chi connectivity index (χ0n) is 10.9. The molecule has 0 fully saturated rings. The highest BCUT2D eigenvalue weighted by Gasteiger charge is 2.09. The van der Waals surface area contributed by atoms with E-state index in [1.807, 2.05) is 19.1 Å². The van der Waals surface area contributed by atoms with Crippen molar-refractivity contribution in [2.45, 2.75) is 26.7 Å². The summed E-state index contributed by atoms with van der Waals surface area (Å²) in [4.78, 5) is 33.4. The molecule has 1 aromatic rings. The Morgan fingerprint density at radius 1 is 1.00 bits per heavy atom. The van der Waals surface area contributed by atoms with Gasteiger partial charge in [0.25, 0.3) is 0 Å². The van der Waals surface area contributed by atoms with Gasteiger partial charge in [0.15, 0.2) is 0 Å². The lowest BCUT2D eigenvalue weighted by molar-refractivity contribution is -0.131. The van der Waals surface area contributed by atoms with E-state index in [1.165, 1.54) is 12.5 Å². The molecule has 1 aromatic carbocycles. The van der Waals surface area contributed by atoms with Crippen molar-refractivity contribution in [2.75, 3.05) is 5.32 Å². The van der Waals surface area contributed by atoms with Crippen LogP contribution in [0.3, 0.4) is 0 Å². The lowest BCUT2D eigenvalue weighted by atomic mass is 10.1. The van der Waals surface area contributed by atoms with Crippen LogP contribution in [-0.2, 0) is 20.8 Å². The molecule has 0 unspecified atom stereocenters. The van der Waals surface area contributed by atoms with Crippen LogP contribution < -0.4 is 16.2 Å². The first-order chi connectivity index (χ1) is 9.01. The van der Waals surface area contributed by atoms with Gasteiger partial charge in [-0.3, -0.25) is 25.2 Å². The molecule has 0 spiro atoms. The number of hydrazine groups is 1. The molecule has 0 radical (unpaired) electrons. The van der Waals surface area contributed by atoms with E-state index < -0.39 is 17.7 Å². The van der Waals surface area contributed by atoms with Crippen molar-refractivity contribution in [2.24, 2.45) is 0 Å². The summed E-state index contributed by atoms with van der Waals surface area (Å²) in [7, 11) is 0. The molecule has 0 atom stereocenters. The molecule has 102 valence electrons. The topological polar surface area (TPSA) is 87.3 Å². The fourth-order valence-electron chi connectivity index (χ4n) is 1.38. The molecule has 0 aromatic heterocycles. The average Bonchev–Trinajstić information content (AvgIpc) is 2.37. The van der Waals surface area contributed by atoms with Crippen LogP contribution in [0.5, 0.6) is 0 Å². The predicted octanol–water partition coefficient (Wildman–Crippen LogP) is 0.745. The van der Waals surface area contributed by atoms with E-state index in [-0.39, 0.29) is 6.42 Å². The highest BCUT2D eigenvalue weighted by atomic mass is 16.2. The third-order valence-electron chi connectivity index (χ3n) is 2.35. The van der Waals surface area contributed by atoms with Crippen LogP contribution in [0, 0.1) is 0 Å². The standard InChI is InChI=1S/C13H17N3O3/c1-3-10-4-6-11(7-5-10)14-12(18)8-13(19)16-15-9(2)17/h4-7H,3,8H2,1-2H3,(H,14,18)(H,15,17)(H,16,19). The largest absolute Gasteiger partial charge is 0.326 e. The maximum absolute atomic E-state index is 11.5. The van der Waals surface area contributed by atoms with Crippen LogP contribution in [0.1, 0.15) is 25.8 Å². The van der Waals surface area contributed by atoms with Gasteiger partial charge in [0, 0.05) is 12.6 Å². The van der Waals surface area contributed by atoms with Gasteiger partial charge in [-0.15, -0.1) is 0 Å². The molecule has 0 aliphatic carbocycles. The Kier molecular flexibility index (Phi) is 5.53. The molecule has 19 heavy (non-hydrogen) atoms. The lowest BCUT2D eigenvalue weighted by Gasteiger charge is -2.07. The highest BCUT2D eigenvalue weighted by molar-refractivity contribution is 6.03. The summed E-state index contributed by atoms with van der Waals surface area (Å²) in [6.07, 6.45) is 0.573. The van der Waals surface area contributed by atoms with Crippen LogP contribution in [-0.4, -0.2) is 17.7 Å². The Morgan fingerprint density at radius 3 is 2.16 bits per heavy atom. The lowest BCUT2D eigenvalue weighted by Crippen LogP contribution is -2.41. The van der Waals surface area contributed by atoms with Gasteiger partial charge in [-0.1, -0.05) is 19.1 Å². The number of benzene rings is 1. The van der Waals surface area contributed by atoms with E-state index in [4.69, 9.17) is 0 Å². The monoisotopic (exact) mass is 263 g/mol. The number of amides is 3. The third kappa shape index (κ3) is 5.67. The molecule has 0 saturated heterocycles.